The van der Waals surface area contributed by atoms with Crippen LogP contribution in [-0.2, 0) is 6.61 Å². The molecule has 0 radical (unpaired) electrons. The number of rotatable bonds is 5. The Balaban J connectivity index is 2.14. The van der Waals surface area contributed by atoms with Crippen molar-refractivity contribution < 1.29 is 19.5 Å². The van der Waals surface area contributed by atoms with Gasteiger partial charge in [-0.05, 0) is 23.8 Å². The molecule has 0 saturated carbocycles. The highest BCUT2D eigenvalue weighted by atomic mass is 16.6. The molecule has 0 unspecified atom stereocenters. The third-order valence-electron chi connectivity index (χ3n) is 2.66. The Morgan fingerprint density at radius 1 is 1.25 bits per heavy atom. The lowest BCUT2D eigenvalue weighted by Gasteiger charge is -2.08. The average Bonchev–Trinajstić information content (AvgIpc) is 2.45. The number of nitro groups is 1. The Morgan fingerprint density at radius 3 is 2.70 bits per heavy atom. The van der Waals surface area contributed by atoms with Crippen LogP contribution >= 0.6 is 0 Å². The van der Waals surface area contributed by atoms with Crippen molar-refractivity contribution in [3.05, 3.63) is 58.1 Å². The second-order valence-corrected chi connectivity index (χ2v) is 4.05. The molecule has 0 aliphatic rings. The summed E-state index contributed by atoms with van der Waals surface area (Å²) in [6, 6.07) is 11.0. The lowest BCUT2D eigenvalue weighted by molar-refractivity contribution is -0.385. The summed E-state index contributed by atoms with van der Waals surface area (Å²) in [5.74, 6) is 0.794. The number of aromatic hydroxyl groups is 1. The van der Waals surface area contributed by atoms with Gasteiger partial charge in [-0.1, -0.05) is 12.1 Å². The van der Waals surface area contributed by atoms with Crippen molar-refractivity contribution >= 4 is 5.69 Å². The van der Waals surface area contributed by atoms with E-state index in [0.29, 0.717) is 11.3 Å². The first-order valence-corrected chi connectivity index (χ1v) is 5.83. The maximum atomic E-state index is 10.9. The fourth-order valence-electron chi connectivity index (χ4n) is 1.71. The van der Waals surface area contributed by atoms with Gasteiger partial charge < -0.3 is 14.6 Å². The molecule has 0 saturated heterocycles. The minimum atomic E-state index is -0.503. The van der Waals surface area contributed by atoms with Crippen LogP contribution in [0.5, 0.6) is 17.2 Å². The summed E-state index contributed by atoms with van der Waals surface area (Å²) in [6.07, 6.45) is 0. The number of hydrogen-bond donors (Lipinski definition) is 1. The Bertz CT molecular complexity index is 627. The van der Waals surface area contributed by atoms with E-state index in [-0.39, 0.29) is 23.8 Å². The summed E-state index contributed by atoms with van der Waals surface area (Å²) in [4.78, 5) is 10.4. The summed E-state index contributed by atoms with van der Waals surface area (Å²) >= 11 is 0. The standard InChI is InChI=1S/C14H13NO5/c1-19-14-6-5-10(7-13(14)15(17)18)9-20-12-4-2-3-11(16)8-12/h2-8,16H,9H2,1H3. The van der Waals surface area contributed by atoms with Gasteiger partial charge in [0.05, 0.1) is 12.0 Å². The number of ether oxygens (including phenoxy) is 2. The third kappa shape index (κ3) is 3.17. The number of benzene rings is 2. The second kappa shape index (κ2) is 5.92. The van der Waals surface area contributed by atoms with E-state index in [1.165, 1.54) is 31.4 Å². The lowest BCUT2D eigenvalue weighted by Crippen LogP contribution is -1.99. The molecule has 104 valence electrons. The number of phenolic OH excluding ortho intramolecular Hbond substituents is 1. The normalized spacial score (nSPS) is 10.1. The molecule has 0 aliphatic heterocycles. The van der Waals surface area contributed by atoms with Gasteiger partial charge in [-0.2, -0.15) is 0 Å². The molecular formula is C14H13NO5. The monoisotopic (exact) mass is 275 g/mol. The molecule has 0 fully saturated rings. The number of methoxy groups -OCH3 is 1. The van der Waals surface area contributed by atoms with Crippen LogP contribution in [0.1, 0.15) is 5.56 Å². The predicted molar refractivity (Wildman–Crippen MR) is 72.1 cm³/mol. The molecule has 0 bridgehead atoms. The van der Waals surface area contributed by atoms with Crippen molar-refractivity contribution in [3.63, 3.8) is 0 Å². The molecule has 1 N–H and O–H groups in total. The maximum Gasteiger partial charge on any atom is 0.311 e. The minimum Gasteiger partial charge on any atom is -0.508 e. The summed E-state index contributed by atoms with van der Waals surface area (Å²) in [6.45, 7) is 0.161. The summed E-state index contributed by atoms with van der Waals surface area (Å²) in [5, 5.41) is 20.2. The first-order valence-electron chi connectivity index (χ1n) is 5.83. The Labute approximate surface area is 115 Å². The summed E-state index contributed by atoms with van der Waals surface area (Å²) in [5.41, 5.74) is 0.533. The first-order chi connectivity index (χ1) is 9.60. The van der Waals surface area contributed by atoms with E-state index in [4.69, 9.17) is 9.47 Å². The molecular weight excluding hydrogens is 262 g/mol. The van der Waals surface area contributed by atoms with E-state index in [1.54, 1.807) is 18.2 Å². The highest BCUT2D eigenvalue weighted by Gasteiger charge is 2.15. The SMILES string of the molecule is COc1ccc(COc2cccc(O)c2)cc1[N+](=O)[O-]. The van der Waals surface area contributed by atoms with Gasteiger partial charge in [0, 0.05) is 12.1 Å². The second-order valence-electron chi connectivity index (χ2n) is 4.05. The van der Waals surface area contributed by atoms with E-state index in [1.807, 2.05) is 0 Å². The topological polar surface area (TPSA) is 81.8 Å². The van der Waals surface area contributed by atoms with Gasteiger partial charge in [-0.15, -0.1) is 0 Å². The van der Waals surface area contributed by atoms with Crippen molar-refractivity contribution in [1.29, 1.82) is 0 Å². The van der Waals surface area contributed by atoms with Crippen LogP contribution in [0.2, 0.25) is 0 Å². The molecule has 20 heavy (non-hydrogen) atoms. The highest BCUT2D eigenvalue weighted by Crippen LogP contribution is 2.28. The van der Waals surface area contributed by atoms with E-state index >= 15 is 0 Å². The molecule has 0 aliphatic carbocycles. The zero-order valence-electron chi connectivity index (χ0n) is 10.8. The number of phenols is 1. The molecule has 0 atom stereocenters. The molecule has 0 amide bonds. The van der Waals surface area contributed by atoms with E-state index in [2.05, 4.69) is 0 Å². The lowest BCUT2D eigenvalue weighted by atomic mass is 10.2. The van der Waals surface area contributed by atoms with Crippen molar-refractivity contribution in [1.82, 2.24) is 0 Å². The fourth-order valence-corrected chi connectivity index (χ4v) is 1.71. The predicted octanol–water partition coefficient (Wildman–Crippen LogP) is 2.89. The van der Waals surface area contributed by atoms with E-state index in [0.717, 1.165) is 0 Å². The van der Waals surface area contributed by atoms with Gasteiger partial charge >= 0.3 is 5.69 Å². The number of nitro benzene ring substituents is 1. The van der Waals surface area contributed by atoms with Crippen molar-refractivity contribution in [2.75, 3.05) is 7.11 Å². The first kappa shape index (κ1) is 13.7. The minimum absolute atomic E-state index is 0.100. The van der Waals surface area contributed by atoms with Crippen LogP contribution in [-0.4, -0.2) is 17.1 Å². The van der Waals surface area contributed by atoms with Crippen molar-refractivity contribution in [2.45, 2.75) is 6.61 Å². The third-order valence-corrected chi connectivity index (χ3v) is 2.66. The van der Waals surface area contributed by atoms with Gasteiger partial charge in [0.1, 0.15) is 18.1 Å². The highest BCUT2D eigenvalue weighted by molar-refractivity contribution is 5.48. The van der Waals surface area contributed by atoms with Gasteiger partial charge in [0.25, 0.3) is 0 Å². The van der Waals surface area contributed by atoms with Crippen molar-refractivity contribution in [2.24, 2.45) is 0 Å². The van der Waals surface area contributed by atoms with Crippen LogP contribution in [0.3, 0.4) is 0 Å². The van der Waals surface area contributed by atoms with Gasteiger partial charge in [-0.25, -0.2) is 0 Å². The Kier molecular flexibility index (Phi) is 4.05. The Morgan fingerprint density at radius 2 is 2.05 bits per heavy atom. The number of hydrogen-bond acceptors (Lipinski definition) is 5. The van der Waals surface area contributed by atoms with Crippen LogP contribution < -0.4 is 9.47 Å². The summed E-state index contributed by atoms with van der Waals surface area (Å²) in [7, 11) is 1.38. The molecule has 2 aromatic rings. The van der Waals surface area contributed by atoms with E-state index < -0.39 is 4.92 Å². The molecule has 0 aromatic heterocycles. The molecule has 6 nitrogen and oxygen atoms in total. The van der Waals surface area contributed by atoms with E-state index in [9.17, 15) is 15.2 Å². The zero-order chi connectivity index (χ0) is 14.5. The van der Waals surface area contributed by atoms with Gasteiger partial charge in [0.15, 0.2) is 5.75 Å². The van der Waals surface area contributed by atoms with Crippen LogP contribution in [0, 0.1) is 10.1 Å². The van der Waals surface area contributed by atoms with Crippen molar-refractivity contribution in [3.8, 4) is 17.2 Å². The van der Waals surface area contributed by atoms with Gasteiger partial charge in [0.2, 0.25) is 0 Å². The smallest absolute Gasteiger partial charge is 0.311 e. The van der Waals surface area contributed by atoms with Gasteiger partial charge in [-0.3, -0.25) is 10.1 Å². The molecule has 0 spiro atoms. The van der Waals surface area contributed by atoms with Crippen LogP contribution in [0.4, 0.5) is 5.69 Å². The number of nitrogens with zero attached hydrogens (tertiary/aromatic N) is 1. The molecule has 2 aromatic carbocycles. The average molecular weight is 275 g/mol. The summed E-state index contributed by atoms with van der Waals surface area (Å²) < 4.78 is 10.4. The molecule has 0 heterocycles. The Hall–Kier alpha value is -2.76. The fraction of sp³-hybridized carbons (Fsp3) is 0.143. The van der Waals surface area contributed by atoms with Crippen LogP contribution in [0.15, 0.2) is 42.5 Å². The largest absolute Gasteiger partial charge is 0.508 e. The maximum absolute atomic E-state index is 10.9. The molecule has 6 heteroatoms. The quantitative estimate of drug-likeness (QED) is 0.670. The molecule has 2 rings (SSSR count). The zero-order valence-corrected chi connectivity index (χ0v) is 10.8. The van der Waals surface area contributed by atoms with Crippen LogP contribution in [0.25, 0.3) is 0 Å².